The number of nitrogens with zero attached hydrogens (tertiary/aromatic N) is 4. The van der Waals surface area contributed by atoms with Gasteiger partial charge in [-0.15, -0.1) is 0 Å². The number of carbonyl (C=O) groups excluding carboxylic acids is 1. The average molecular weight is 406 g/mol. The number of cyclic esters (lactones) is 1. The first-order valence-corrected chi connectivity index (χ1v) is 10.1. The van der Waals surface area contributed by atoms with Crippen LogP contribution in [-0.4, -0.2) is 50.8 Å². The summed E-state index contributed by atoms with van der Waals surface area (Å²) in [6.45, 7) is 1.74. The van der Waals surface area contributed by atoms with Crippen LogP contribution in [-0.2, 0) is 16.1 Å². The number of carboxylic acids is 1. The van der Waals surface area contributed by atoms with Crippen molar-refractivity contribution >= 4 is 28.8 Å². The molecule has 3 aromatic rings. The van der Waals surface area contributed by atoms with Gasteiger partial charge in [-0.2, -0.15) is 0 Å². The van der Waals surface area contributed by atoms with Crippen molar-refractivity contribution in [2.75, 3.05) is 18.0 Å². The highest BCUT2D eigenvalue weighted by Crippen LogP contribution is 2.44. The number of piperidine rings is 1. The third-order valence-corrected chi connectivity index (χ3v) is 6.29. The number of aromatic carboxylic acids is 1. The number of hydrogen-bond acceptors (Lipinski definition) is 6. The van der Waals surface area contributed by atoms with E-state index in [1.54, 1.807) is 24.7 Å². The van der Waals surface area contributed by atoms with E-state index in [-0.39, 0.29) is 17.6 Å². The Balaban J connectivity index is 1.29. The molecule has 1 atom stereocenters. The molecule has 0 aliphatic carbocycles. The maximum atomic E-state index is 12.8. The highest BCUT2D eigenvalue weighted by atomic mass is 16.6. The number of pyridine rings is 1. The summed E-state index contributed by atoms with van der Waals surface area (Å²) in [5.41, 5.74) is 1.64. The Kier molecular flexibility index (Phi) is 4.42. The number of aromatic nitrogens is 3. The molecule has 30 heavy (non-hydrogen) atoms. The highest BCUT2D eigenvalue weighted by Gasteiger charge is 2.50. The van der Waals surface area contributed by atoms with Crippen molar-refractivity contribution in [2.45, 2.75) is 31.9 Å². The van der Waals surface area contributed by atoms with Gasteiger partial charge in [0.15, 0.2) is 0 Å². The highest BCUT2D eigenvalue weighted by molar-refractivity contribution is 5.93. The van der Waals surface area contributed by atoms with E-state index in [2.05, 4.69) is 9.97 Å². The lowest BCUT2D eigenvalue weighted by Crippen LogP contribution is -2.43. The number of fused-ring (bicyclic) bond motifs is 1. The third kappa shape index (κ3) is 3.08. The van der Waals surface area contributed by atoms with Gasteiger partial charge in [-0.1, -0.05) is 12.1 Å². The number of anilines is 1. The maximum absolute atomic E-state index is 12.8. The van der Waals surface area contributed by atoms with Crippen molar-refractivity contribution < 1.29 is 19.4 Å². The largest absolute Gasteiger partial charge is 0.478 e. The van der Waals surface area contributed by atoms with Crippen LogP contribution >= 0.6 is 0 Å². The maximum Gasteiger partial charge on any atom is 0.339 e. The topological polar surface area (TPSA) is 97.6 Å². The molecule has 1 aromatic carbocycles. The normalized spacial score (nSPS) is 20.6. The molecule has 8 heteroatoms. The number of imidazole rings is 1. The Hall–Kier alpha value is -3.42. The molecule has 0 bridgehead atoms. The molecule has 5 rings (SSSR count). The minimum Gasteiger partial charge on any atom is -0.478 e. The van der Waals surface area contributed by atoms with Crippen molar-refractivity contribution in [2.24, 2.45) is 5.41 Å². The van der Waals surface area contributed by atoms with Gasteiger partial charge in [0.2, 0.25) is 0 Å². The standard InChI is InChI=1S/C22H22N4O4/c27-20(28)16-4-3-9-23-19(16)25-10-7-22(8-11-25)12-15(30-21(22)29)13-26-14-24-17-5-1-2-6-18(17)26/h1-6,9,14-15H,7-8,10-13H2,(H,27,28). The van der Waals surface area contributed by atoms with Crippen molar-refractivity contribution in [1.82, 2.24) is 14.5 Å². The first-order valence-electron chi connectivity index (χ1n) is 10.1. The minimum atomic E-state index is -0.994. The van der Waals surface area contributed by atoms with E-state index >= 15 is 0 Å². The Morgan fingerprint density at radius 2 is 1.97 bits per heavy atom. The summed E-state index contributed by atoms with van der Waals surface area (Å²) in [5.74, 6) is -0.671. The van der Waals surface area contributed by atoms with E-state index in [0.29, 0.717) is 44.7 Å². The summed E-state index contributed by atoms with van der Waals surface area (Å²) < 4.78 is 7.80. The summed E-state index contributed by atoms with van der Waals surface area (Å²) in [5, 5.41) is 9.43. The zero-order valence-electron chi connectivity index (χ0n) is 16.4. The van der Waals surface area contributed by atoms with Gasteiger partial charge in [-0.3, -0.25) is 4.79 Å². The molecule has 1 spiro atoms. The molecule has 0 radical (unpaired) electrons. The molecule has 1 N–H and O–H groups in total. The van der Waals surface area contributed by atoms with Gasteiger partial charge in [0.05, 0.1) is 29.3 Å². The SMILES string of the molecule is O=C(O)c1cccnc1N1CCC2(CC1)CC(Cn1cnc3ccccc31)OC2=O. The van der Waals surface area contributed by atoms with Crippen LogP contribution < -0.4 is 4.90 Å². The molecular formula is C22H22N4O4. The van der Waals surface area contributed by atoms with E-state index in [4.69, 9.17) is 4.74 Å². The number of ether oxygens (including phenoxy) is 1. The second-order valence-electron chi connectivity index (χ2n) is 8.06. The van der Waals surface area contributed by atoms with Crippen molar-refractivity contribution in [3.05, 3.63) is 54.5 Å². The molecular weight excluding hydrogens is 384 g/mol. The van der Waals surface area contributed by atoms with Crippen LogP contribution in [0.15, 0.2) is 48.9 Å². The molecule has 2 saturated heterocycles. The molecule has 1 unspecified atom stereocenters. The minimum absolute atomic E-state index is 0.143. The first kappa shape index (κ1) is 18.6. The van der Waals surface area contributed by atoms with Crippen molar-refractivity contribution in [3.63, 3.8) is 0 Å². The van der Waals surface area contributed by atoms with Crippen molar-refractivity contribution in [1.29, 1.82) is 0 Å². The summed E-state index contributed by atoms with van der Waals surface area (Å²) in [6, 6.07) is 11.1. The van der Waals surface area contributed by atoms with Crippen molar-refractivity contribution in [3.8, 4) is 0 Å². The Morgan fingerprint density at radius 1 is 1.17 bits per heavy atom. The summed E-state index contributed by atoms with van der Waals surface area (Å²) in [4.78, 5) is 34.9. The number of carboxylic acid groups (broad SMARTS) is 1. The quantitative estimate of drug-likeness (QED) is 0.665. The van der Waals surface area contributed by atoms with E-state index in [1.807, 2.05) is 33.7 Å². The lowest BCUT2D eigenvalue weighted by Gasteiger charge is -2.37. The number of esters is 1. The third-order valence-electron chi connectivity index (χ3n) is 6.29. The fourth-order valence-corrected chi connectivity index (χ4v) is 4.68. The molecule has 8 nitrogen and oxygen atoms in total. The first-order chi connectivity index (χ1) is 14.6. The van der Waals surface area contributed by atoms with E-state index in [0.717, 1.165) is 11.0 Å². The molecule has 0 saturated carbocycles. The Labute approximate surface area is 173 Å². The monoisotopic (exact) mass is 406 g/mol. The molecule has 2 aliphatic rings. The van der Waals surface area contributed by atoms with Gasteiger partial charge in [0.1, 0.15) is 17.5 Å². The van der Waals surface area contributed by atoms with Gasteiger partial charge in [0, 0.05) is 25.7 Å². The Morgan fingerprint density at radius 3 is 2.77 bits per heavy atom. The molecule has 2 aliphatic heterocycles. The number of benzene rings is 1. The van der Waals surface area contributed by atoms with Crippen LogP contribution in [0.1, 0.15) is 29.6 Å². The van der Waals surface area contributed by atoms with Crippen LogP contribution in [0.4, 0.5) is 5.82 Å². The molecule has 154 valence electrons. The van der Waals surface area contributed by atoms with Crippen LogP contribution in [0.3, 0.4) is 0 Å². The predicted octanol–water partition coefficient (Wildman–Crippen LogP) is 2.73. The van der Waals surface area contributed by atoms with Crippen LogP contribution in [0.2, 0.25) is 0 Å². The molecule has 4 heterocycles. The predicted molar refractivity (Wildman–Crippen MR) is 109 cm³/mol. The number of para-hydroxylation sites is 2. The second kappa shape index (κ2) is 7.12. The van der Waals surface area contributed by atoms with E-state index in [9.17, 15) is 14.7 Å². The fraction of sp³-hybridized carbons (Fsp3) is 0.364. The number of rotatable bonds is 4. The summed E-state index contributed by atoms with van der Waals surface area (Å²) in [7, 11) is 0. The summed E-state index contributed by atoms with van der Waals surface area (Å²) in [6.07, 6.45) is 5.12. The van der Waals surface area contributed by atoms with E-state index in [1.165, 1.54) is 0 Å². The zero-order valence-corrected chi connectivity index (χ0v) is 16.4. The van der Waals surface area contributed by atoms with Gasteiger partial charge < -0.3 is 19.3 Å². The lowest BCUT2D eigenvalue weighted by molar-refractivity contribution is -0.150. The van der Waals surface area contributed by atoms with Crippen LogP contribution in [0, 0.1) is 5.41 Å². The average Bonchev–Trinajstić information content (AvgIpc) is 3.30. The number of hydrogen-bond donors (Lipinski definition) is 1. The van der Waals surface area contributed by atoms with E-state index < -0.39 is 11.4 Å². The molecule has 2 fully saturated rings. The van der Waals surface area contributed by atoms with Gasteiger partial charge >= 0.3 is 11.9 Å². The zero-order chi connectivity index (χ0) is 20.7. The van der Waals surface area contributed by atoms with Crippen LogP contribution in [0.5, 0.6) is 0 Å². The summed E-state index contributed by atoms with van der Waals surface area (Å²) >= 11 is 0. The number of carbonyl (C=O) groups is 2. The van der Waals surface area contributed by atoms with Gasteiger partial charge in [-0.25, -0.2) is 14.8 Å². The smallest absolute Gasteiger partial charge is 0.339 e. The molecule has 2 aromatic heterocycles. The Bertz CT molecular complexity index is 1120. The van der Waals surface area contributed by atoms with Gasteiger partial charge in [0.25, 0.3) is 0 Å². The van der Waals surface area contributed by atoms with Gasteiger partial charge in [-0.05, 0) is 37.1 Å². The molecule has 0 amide bonds. The lowest BCUT2D eigenvalue weighted by atomic mass is 9.76. The fourth-order valence-electron chi connectivity index (χ4n) is 4.68. The second-order valence-corrected chi connectivity index (χ2v) is 8.06. The van der Waals surface area contributed by atoms with Crippen LogP contribution in [0.25, 0.3) is 11.0 Å².